The van der Waals surface area contributed by atoms with Crippen molar-refractivity contribution in [1.29, 1.82) is 0 Å². The zero-order valence-corrected chi connectivity index (χ0v) is 32.3. The fraction of sp³-hybridized carbons (Fsp3) is 0.0545. The monoisotopic (exact) mass is 742 g/mol. The van der Waals surface area contributed by atoms with Gasteiger partial charge in [0.2, 0.25) is 0 Å². The number of aromatic nitrogens is 2. The Hall–Kier alpha value is -7.36. The minimum absolute atomic E-state index is 0.0553. The molecule has 0 saturated carbocycles. The second kappa shape index (κ2) is 13.4. The lowest BCUT2D eigenvalue weighted by Crippen LogP contribution is -2.14. The van der Waals surface area contributed by atoms with Crippen molar-refractivity contribution in [2.75, 3.05) is 0 Å². The smallest absolute Gasteiger partial charge is 0.160 e. The maximum atomic E-state index is 6.55. The van der Waals surface area contributed by atoms with Crippen LogP contribution in [0.2, 0.25) is 0 Å². The van der Waals surface area contributed by atoms with E-state index < -0.39 is 0 Å². The third-order valence-corrected chi connectivity index (χ3v) is 11.9. The Kier molecular flexibility index (Phi) is 7.84. The molecule has 1 aliphatic rings. The summed E-state index contributed by atoms with van der Waals surface area (Å²) in [6.45, 7) is 4.66. The van der Waals surface area contributed by atoms with E-state index >= 15 is 0 Å². The minimum atomic E-state index is -0.0553. The average molecular weight is 743 g/mol. The Bertz CT molecular complexity index is 3180. The number of fused-ring (bicyclic) bond motifs is 6. The summed E-state index contributed by atoms with van der Waals surface area (Å²) in [5.41, 5.74) is 18.6. The molecular formula is C55H38N2O. The fourth-order valence-electron chi connectivity index (χ4n) is 8.98. The van der Waals surface area contributed by atoms with E-state index in [9.17, 15) is 0 Å². The van der Waals surface area contributed by atoms with Crippen molar-refractivity contribution in [3.63, 3.8) is 0 Å². The fourth-order valence-corrected chi connectivity index (χ4v) is 8.98. The van der Waals surface area contributed by atoms with Gasteiger partial charge in [-0.1, -0.05) is 178 Å². The SMILES string of the molecule is CC1(C)c2ccccc2-c2c(-c3ccc(-c4nc(-c5ccccc5)cc(-c5cc(-c6ccccc6)cc(-c6cccc7c6oc6ccccc67)c5)n4)cc3)cccc21. The Labute approximate surface area is 338 Å². The maximum absolute atomic E-state index is 6.55. The molecule has 0 amide bonds. The maximum Gasteiger partial charge on any atom is 0.160 e. The lowest BCUT2D eigenvalue weighted by Gasteiger charge is -2.21. The summed E-state index contributed by atoms with van der Waals surface area (Å²) in [4.78, 5) is 10.5. The topological polar surface area (TPSA) is 38.9 Å². The highest BCUT2D eigenvalue weighted by molar-refractivity contribution is 6.10. The molecule has 58 heavy (non-hydrogen) atoms. The second-order valence-corrected chi connectivity index (χ2v) is 15.7. The third-order valence-electron chi connectivity index (χ3n) is 11.9. The van der Waals surface area contributed by atoms with Crippen LogP contribution in [0.25, 0.3) is 100 Å². The van der Waals surface area contributed by atoms with Crippen LogP contribution in [0.5, 0.6) is 0 Å². The molecule has 0 fully saturated rings. The molecule has 3 nitrogen and oxygen atoms in total. The Balaban J connectivity index is 1.07. The Morgan fingerprint density at radius 1 is 0.379 bits per heavy atom. The van der Waals surface area contributed by atoms with Gasteiger partial charge in [-0.25, -0.2) is 9.97 Å². The van der Waals surface area contributed by atoms with Crippen molar-refractivity contribution < 1.29 is 4.42 Å². The van der Waals surface area contributed by atoms with Crippen molar-refractivity contribution in [3.05, 3.63) is 205 Å². The zero-order chi connectivity index (χ0) is 38.8. The Morgan fingerprint density at radius 2 is 0.948 bits per heavy atom. The number of para-hydroxylation sites is 2. The van der Waals surface area contributed by atoms with Crippen LogP contribution in [0.3, 0.4) is 0 Å². The number of benzene rings is 8. The molecule has 274 valence electrons. The van der Waals surface area contributed by atoms with E-state index in [1.165, 1.54) is 33.4 Å². The predicted octanol–water partition coefficient (Wildman–Crippen LogP) is 14.7. The molecule has 2 aromatic heterocycles. The first-order valence-corrected chi connectivity index (χ1v) is 19.9. The summed E-state index contributed by atoms with van der Waals surface area (Å²) in [5.74, 6) is 0.679. The summed E-state index contributed by atoms with van der Waals surface area (Å²) in [7, 11) is 0. The summed E-state index contributed by atoms with van der Waals surface area (Å²) in [6.07, 6.45) is 0. The molecule has 0 saturated heterocycles. The highest BCUT2D eigenvalue weighted by atomic mass is 16.3. The molecule has 0 unspecified atom stereocenters. The van der Waals surface area contributed by atoms with Gasteiger partial charge in [-0.2, -0.15) is 0 Å². The van der Waals surface area contributed by atoms with E-state index in [1.807, 2.05) is 18.2 Å². The normalized spacial score (nSPS) is 12.8. The molecule has 0 N–H and O–H groups in total. The molecular weight excluding hydrogens is 705 g/mol. The molecule has 0 aliphatic heterocycles. The molecule has 3 heteroatoms. The van der Waals surface area contributed by atoms with Gasteiger partial charge in [-0.3, -0.25) is 0 Å². The molecule has 2 heterocycles. The molecule has 0 bridgehead atoms. The standard InChI is InChI=1S/C55H38N2O/c1-55(2)47-24-11-9-20-46(47)52-42(21-14-25-48(52)55)36-27-29-38(30-28-36)54-56-49(37-17-7-4-8-18-37)34-50(57-54)41-32-39(35-15-5-3-6-16-35)31-40(33-41)43-22-13-23-45-44-19-10-12-26-51(44)58-53(43)45/h3-34H,1-2H3. The number of furan rings is 1. The van der Waals surface area contributed by atoms with Crippen molar-refractivity contribution in [2.45, 2.75) is 19.3 Å². The molecule has 0 spiro atoms. The van der Waals surface area contributed by atoms with E-state index in [2.05, 4.69) is 190 Å². The predicted molar refractivity (Wildman–Crippen MR) is 239 cm³/mol. The molecule has 1 aliphatic carbocycles. The molecule has 0 atom stereocenters. The van der Waals surface area contributed by atoms with Crippen LogP contribution in [0, 0.1) is 0 Å². The lowest BCUT2D eigenvalue weighted by molar-refractivity contribution is 0.660. The highest BCUT2D eigenvalue weighted by Crippen LogP contribution is 2.52. The quantitative estimate of drug-likeness (QED) is 0.170. The zero-order valence-electron chi connectivity index (χ0n) is 32.3. The van der Waals surface area contributed by atoms with Crippen molar-refractivity contribution in [2.24, 2.45) is 0 Å². The van der Waals surface area contributed by atoms with Gasteiger partial charge in [0.1, 0.15) is 11.2 Å². The third kappa shape index (κ3) is 5.58. The van der Waals surface area contributed by atoms with Crippen LogP contribution in [0.15, 0.2) is 199 Å². The molecule has 11 rings (SSSR count). The lowest BCUT2D eigenvalue weighted by atomic mass is 9.82. The summed E-state index contributed by atoms with van der Waals surface area (Å²) < 4.78 is 6.55. The average Bonchev–Trinajstić information content (AvgIpc) is 3.79. The number of nitrogens with zero attached hydrogens (tertiary/aromatic N) is 2. The van der Waals surface area contributed by atoms with E-state index in [0.29, 0.717) is 5.82 Å². The van der Waals surface area contributed by atoms with Crippen LogP contribution in [-0.4, -0.2) is 9.97 Å². The van der Waals surface area contributed by atoms with E-state index in [4.69, 9.17) is 14.4 Å². The number of hydrogen-bond donors (Lipinski definition) is 0. The van der Waals surface area contributed by atoms with Crippen LogP contribution in [0.4, 0.5) is 0 Å². The van der Waals surface area contributed by atoms with Crippen LogP contribution in [0.1, 0.15) is 25.0 Å². The summed E-state index contributed by atoms with van der Waals surface area (Å²) in [5, 5.41) is 2.22. The van der Waals surface area contributed by atoms with Gasteiger partial charge in [0.25, 0.3) is 0 Å². The number of rotatable bonds is 6. The second-order valence-electron chi connectivity index (χ2n) is 15.7. The Morgan fingerprint density at radius 3 is 1.76 bits per heavy atom. The van der Waals surface area contributed by atoms with E-state index in [1.54, 1.807) is 0 Å². The summed E-state index contributed by atoms with van der Waals surface area (Å²) >= 11 is 0. The first-order chi connectivity index (χ1) is 28.5. The first-order valence-electron chi connectivity index (χ1n) is 19.9. The van der Waals surface area contributed by atoms with Gasteiger partial charge in [0.15, 0.2) is 5.82 Å². The van der Waals surface area contributed by atoms with Gasteiger partial charge in [-0.05, 0) is 80.4 Å². The van der Waals surface area contributed by atoms with E-state index in [-0.39, 0.29) is 5.41 Å². The summed E-state index contributed by atoms with van der Waals surface area (Å²) in [6, 6.07) is 68.8. The minimum Gasteiger partial charge on any atom is -0.455 e. The van der Waals surface area contributed by atoms with Crippen LogP contribution >= 0.6 is 0 Å². The molecule has 0 radical (unpaired) electrons. The highest BCUT2D eigenvalue weighted by Gasteiger charge is 2.36. The first kappa shape index (κ1) is 33.9. The van der Waals surface area contributed by atoms with Gasteiger partial charge < -0.3 is 4.42 Å². The van der Waals surface area contributed by atoms with Crippen LogP contribution in [-0.2, 0) is 5.41 Å². The van der Waals surface area contributed by atoms with Gasteiger partial charge >= 0.3 is 0 Å². The van der Waals surface area contributed by atoms with Crippen molar-refractivity contribution in [3.8, 4) is 78.4 Å². The van der Waals surface area contributed by atoms with Gasteiger partial charge in [0.05, 0.1) is 11.4 Å². The molecule has 8 aromatic carbocycles. The van der Waals surface area contributed by atoms with Gasteiger partial charge in [0, 0.05) is 38.4 Å². The largest absolute Gasteiger partial charge is 0.455 e. The molecule has 10 aromatic rings. The van der Waals surface area contributed by atoms with Crippen molar-refractivity contribution in [1.82, 2.24) is 9.97 Å². The van der Waals surface area contributed by atoms with E-state index in [0.717, 1.165) is 72.3 Å². The van der Waals surface area contributed by atoms with Crippen LogP contribution < -0.4 is 0 Å². The van der Waals surface area contributed by atoms with Crippen molar-refractivity contribution >= 4 is 21.9 Å². The van der Waals surface area contributed by atoms with Gasteiger partial charge in [-0.15, -0.1) is 0 Å². The number of hydrogen-bond acceptors (Lipinski definition) is 3.